The number of amides is 1. The molecule has 3 rings (SSSR count). The third-order valence-corrected chi connectivity index (χ3v) is 4.99. The van der Waals surface area contributed by atoms with Crippen LogP contribution in [0.1, 0.15) is 18.9 Å². The van der Waals surface area contributed by atoms with E-state index >= 15 is 0 Å². The van der Waals surface area contributed by atoms with E-state index in [2.05, 4.69) is 17.1 Å². The SMILES string of the molecule is CC1(CN2CCN(C(=O)Cc3ccccc3)CC2)CCNC1.Cl. The molecule has 2 heterocycles. The normalized spacial score (nSPS) is 25.2. The average Bonchev–Trinajstić information content (AvgIpc) is 2.95. The fourth-order valence-corrected chi connectivity index (χ4v) is 3.58. The number of piperazine rings is 1. The molecule has 0 saturated carbocycles. The molecule has 1 unspecified atom stereocenters. The molecule has 0 bridgehead atoms. The smallest absolute Gasteiger partial charge is 0.227 e. The molecule has 1 aromatic rings. The lowest BCUT2D eigenvalue weighted by Gasteiger charge is -2.38. The van der Waals surface area contributed by atoms with Crippen molar-refractivity contribution in [2.45, 2.75) is 19.8 Å². The number of nitrogens with zero attached hydrogens (tertiary/aromatic N) is 2. The lowest BCUT2D eigenvalue weighted by molar-refractivity contribution is -0.132. The molecule has 1 N–H and O–H groups in total. The first-order valence-corrected chi connectivity index (χ1v) is 8.39. The maximum Gasteiger partial charge on any atom is 0.227 e. The molecular weight excluding hydrogens is 310 g/mol. The van der Waals surface area contributed by atoms with Gasteiger partial charge in [-0.15, -0.1) is 12.4 Å². The minimum atomic E-state index is 0. The second-order valence-corrected chi connectivity index (χ2v) is 7.06. The zero-order valence-corrected chi connectivity index (χ0v) is 14.8. The van der Waals surface area contributed by atoms with Crippen LogP contribution >= 0.6 is 12.4 Å². The maximum absolute atomic E-state index is 12.4. The molecule has 0 aliphatic carbocycles. The van der Waals surface area contributed by atoms with Crippen molar-refractivity contribution in [3.63, 3.8) is 0 Å². The number of carbonyl (C=O) groups excluding carboxylic acids is 1. The van der Waals surface area contributed by atoms with Crippen LogP contribution in [0.3, 0.4) is 0 Å². The van der Waals surface area contributed by atoms with Crippen LogP contribution in [0.5, 0.6) is 0 Å². The highest BCUT2D eigenvalue weighted by atomic mass is 35.5. The number of nitrogens with one attached hydrogen (secondary N) is 1. The van der Waals surface area contributed by atoms with Crippen molar-refractivity contribution in [3.8, 4) is 0 Å². The number of benzene rings is 1. The Balaban J connectivity index is 0.00000192. The van der Waals surface area contributed by atoms with E-state index in [1.807, 2.05) is 35.2 Å². The zero-order valence-electron chi connectivity index (χ0n) is 14.0. The third-order valence-electron chi connectivity index (χ3n) is 4.99. The molecule has 2 fully saturated rings. The van der Waals surface area contributed by atoms with Crippen molar-refractivity contribution in [2.24, 2.45) is 5.41 Å². The van der Waals surface area contributed by atoms with Crippen LogP contribution in [-0.2, 0) is 11.2 Å². The molecule has 4 nitrogen and oxygen atoms in total. The molecule has 2 aliphatic rings. The van der Waals surface area contributed by atoms with Gasteiger partial charge in [-0.1, -0.05) is 37.3 Å². The number of hydrogen-bond donors (Lipinski definition) is 1. The second-order valence-electron chi connectivity index (χ2n) is 7.06. The highest BCUT2D eigenvalue weighted by Crippen LogP contribution is 2.26. The Morgan fingerprint density at radius 3 is 2.48 bits per heavy atom. The summed E-state index contributed by atoms with van der Waals surface area (Å²) in [6, 6.07) is 10.0. The number of halogens is 1. The van der Waals surface area contributed by atoms with E-state index in [0.717, 1.165) is 51.4 Å². The lowest BCUT2D eigenvalue weighted by atomic mass is 9.89. The van der Waals surface area contributed by atoms with Crippen molar-refractivity contribution < 1.29 is 4.79 Å². The molecule has 23 heavy (non-hydrogen) atoms. The molecule has 1 amide bonds. The summed E-state index contributed by atoms with van der Waals surface area (Å²) in [6.45, 7) is 9.56. The highest BCUT2D eigenvalue weighted by molar-refractivity contribution is 5.85. The quantitative estimate of drug-likeness (QED) is 0.910. The molecule has 1 atom stereocenters. The molecule has 0 aromatic heterocycles. The van der Waals surface area contributed by atoms with Gasteiger partial charge in [-0.2, -0.15) is 0 Å². The molecular formula is C18H28ClN3O. The summed E-state index contributed by atoms with van der Waals surface area (Å²) in [7, 11) is 0. The van der Waals surface area contributed by atoms with Crippen molar-refractivity contribution in [3.05, 3.63) is 35.9 Å². The molecule has 5 heteroatoms. The zero-order chi connectivity index (χ0) is 15.4. The van der Waals surface area contributed by atoms with Gasteiger partial charge in [0, 0.05) is 39.3 Å². The van der Waals surface area contributed by atoms with Gasteiger partial charge in [-0.25, -0.2) is 0 Å². The summed E-state index contributed by atoms with van der Waals surface area (Å²) in [6.07, 6.45) is 1.79. The van der Waals surface area contributed by atoms with Crippen LogP contribution in [0.15, 0.2) is 30.3 Å². The van der Waals surface area contributed by atoms with Crippen LogP contribution < -0.4 is 5.32 Å². The molecule has 2 saturated heterocycles. The third kappa shape index (κ3) is 4.93. The van der Waals surface area contributed by atoms with Gasteiger partial charge in [0.05, 0.1) is 6.42 Å². The van der Waals surface area contributed by atoms with Crippen molar-refractivity contribution in [1.29, 1.82) is 0 Å². The summed E-state index contributed by atoms with van der Waals surface area (Å²) < 4.78 is 0. The highest BCUT2D eigenvalue weighted by Gasteiger charge is 2.32. The monoisotopic (exact) mass is 337 g/mol. The fraction of sp³-hybridized carbons (Fsp3) is 0.611. The Bertz CT molecular complexity index is 494. The summed E-state index contributed by atoms with van der Waals surface area (Å²) in [4.78, 5) is 16.9. The Labute approximate surface area is 145 Å². The second kappa shape index (κ2) is 8.13. The van der Waals surface area contributed by atoms with E-state index in [-0.39, 0.29) is 18.3 Å². The Morgan fingerprint density at radius 2 is 1.87 bits per heavy atom. The maximum atomic E-state index is 12.4. The van der Waals surface area contributed by atoms with E-state index in [4.69, 9.17) is 0 Å². The minimum Gasteiger partial charge on any atom is -0.340 e. The van der Waals surface area contributed by atoms with Gasteiger partial charge in [-0.3, -0.25) is 9.69 Å². The Hall–Kier alpha value is -1.10. The van der Waals surface area contributed by atoms with Gasteiger partial charge in [-0.05, 0) is 23.9 Å². The van der Waals surface area contributed by atoms with Crippen LogP contribution in [-0.4, -0.2) is 61.5 Å². The van der Waals surface area contributed by atoms with E-state index < -0.39 is 0 Å². The summed E-state index contributed by atoms with van der Waals surface area (Å²) in [5.74, 6) is 0.264. The van der Waals surface area contributed by atoms with Crippen molar-refractivity contribution in [1.82, 2.24) is 15.1 Å². The van der Waals surface area contributed by atoms with Gasteiger partial charge >= 0.3 is 0 Å². The largest absolute Gasteiger partial charge is 0.340 e. The fourth-order valence-electron chi connectivity index (χ4n) is 3.58. The Kier molecular flexibility index (Phi) is 6.45. The van der Waals surface area contributed by atoms with Gasteiger partial charge in [0.1, 0.15) is 0 Å². The number of rotatable bonds is 4. The van der Waals surface area contributed by atoms with Crippen molar-refractivity contribution >= 4 is 18.3 Å². The lowest BCUT2D eigenvalue weighted by Crippen LogP contribution is -2.51. The van der Waals surface area contributed by atoms with Crippen LogP contribution in [0, 0.1) is 5.41 Å². The van der Waals surface area contributed by atoms with Gasteiger partial charge < -0.3 is 10.2 Å². The molecule has 2 aliphatic heterocycles. The van der Waals surface area contributed by atoms with E-state index in [0.29, 0.717) is 11.8 Å². The van der Waals surface area contributed by atoms with E-state index in [9.17, 15) is 4.79 Å². The predicted molar refractivity (Wildman–Crippen MR) is 96.0 cm³/mol. The topological polar surface area (TPSA) is 35.6 Å². The first-order chi connectivity index (χ1) is 10.6. The number of carbonyl (C=O) groups is 1. The average molecular weight is 338 g/mol. The van der Waals surface area contributed by atoms with Gasteiger partial charge in [0.15, 0.2) is 0 Å². The van der Waals surface area contributed by atoms with Gasteiger partial charge in [0.25, 0.3) is 0 Å². The first kappa shape index (κ1) is 18.2. The van der Waals surface area contributed by atoms with Crippen molar-refractivity contribution in [2.75, 3.05) is 45.8 Å². The summed E-state index contributed by atoms with van der Waals surface area (Å²) in [5.41, 5.74) is 1.52. The van der Waals surface area contributed by atoms with Crippen LogP contribution in [0.4, 0.5) is 0 Å². The summed E-state index contributed by atoms with van der Waals surface area (Å²) >= 11 is 0. The first-order valence-electron chi connectivity index (χ1n) is 8.39. The predicted octanol–water partition coefficient (Wildman–Crippen LogP) is 1.79. The molecule has 1 aromatic carbocycles. The van der Waals surface area contributed by atoms with E-state index in [1.165, 1.54) is 6.42 Å². The number of hydrogen-bond acceptors (Lipinski definition) is 3. The minimum absolute atomic E-state index is 0. The van der Waals surface area contributed by atoms with Crippen LogP contribution in [0.2, 0.25) is 0 Å². The van der Waals surface area contributed by atoms with E-state index in [1.54, 1.807) is 0 Å². The van der Waals surface area contributed by atoms with Crippen LogP contribution in [0.25, 0.3) is 0 Å². The molecule has 0 radical (unpaired) electrons. The molecule has 128 valence electrons. The molecule has 0 spiro atoms. The standard InChI is InChI=1S/C18H27N3O.ClH/c1-18(7-8-19-14-18)15-20-9-11-21(12-10-20)17(22)13-16-5-3-2-4-6-16;/h2-6,19H,7-15H2,1H3;1H. The summed E-state index contributed by atoms with van der Waals surface area (Å²) in [5, 5.41) is 3.47. The van der Waals surface area contributed by atoms with Gasteiger partial charge in [0.2, 0.25) is 5.91 Å². The Morgan fingerprint density at radius 1 is 1.17 bits per heavy atom.